The van der Waals surface area contributed by atoms with Crippen LogP contribution in [0, 0.1) is 0 Å². The van der Waals surface area contributed by atoms with E-state index in [0.29, 0.717) is 30.0 Å². The van der Waals surface area contributed by atoms with Gasteiger partial charge < -0.3 is 24.6 Å². The third-order valence-electron chi connectivity index (χ3n) is 3.25. The first-order chi connectivity index (χ1) is 10.0. The third kappa shape index (κ3) is 3.43. The fourth-order valence-electron chi connectivity index (χ4n) is 2.13. The molecule has 0 aromatic heterocycles. The van der Waals surface area contributed by atoms with Crippen LogP contribution in [0.1, 0.15) is 12.8 Å². The standard InChI is InChI=1S/C14H17NO6/c1-19-8-3-4-9(12(7-8)20-2)15-13(16)10-5-6-11(21-10)14(17)18/h3-4,7,10-11H,5-6H2,1-2H3,(H,15,16)(H,17,18). The van der Waals surface area contributed by atoms with Crippen LogP contribution < -0.4 is 14.8 Å². The number of nitrogens with one attached hydrogen (secondary N) is 1. The average Bonchev–Trinajstić information content (AvgIpc) is 2.97. The van der Waals surface area contributed by atoms with Crippen molar-refractivity contribution >= 4 is 17.6 Å². The van der Waals surface area contributed by atoms with Crippen molar-refractivity contribution in [2.24, 2.45) is 0 Å². The number of rotatable bonds is 5. The van der Waals surface area contributed by atoms with Gasteiger partial charge in [-0.25, -0.2) is 4.79 Å². The highest BCUT2D eigenvalue weighted by Gasteiger charge is 2.34. The zero-order valence-corrected chi connectivity index (χ0v) is 11.8. The van der Waals surface area contributed by atoms with Gasteiger partial charge in [0.25, 0.3) is 5.91 Å². The molecule has 21 heavy (non-hydrogen) atoms. The minimum atomic E-state index is -1.05. The number of hydrogen-bond donors (Lipinski definition) is 2. The van der Waals surface area contributed by atoms with Gasteiger partial charge in [-0.3, -0.25) is 4.79 Å². The number of carbonyl (C=O) groups is 2. The minimum absolute atomic E-state index is 0.327. The second-order valence-corrected chi connectivity index (χ2v) is 4.58. The maximum Gasteiger partial charge on any atom is 0.332 e. The summed E-state index contributed by atoms with van der Waals surface area (Å²) in [5, 5.41) is 11.5. The predicted molar refractivity (Wildman–Crippen MR) is 73.7 cm³/mol. The van der Waals surface area contributed by atoms with Crippen molar-refractivity contribution in [2.45, 2.75) is 25.0 Å². The normalized spacial score (nSPS) is 20.9. The number of amides is 1. The van der Waals surface area contributed by atoms with Crippen LogP contribution in [0.5, 0.6) is 11.5 Å². The van der Waals surface area contributed by atoms with Gasteiger partial charge in [-0.2, -0.15) is 0 Å². The van der Waals surface area contributed by atoms with E-state index >= 15 is 0 Å². The monoisotopic (exact) mass is 295 g/mol. The molecule has 1 amide bonds. The second kappa shape index (κ2) is 6.45. The molecule has 2 atom stereocenters. The molecule has 0 saturated carbocycles. The highest BCUT2D eigenvalue weighted by Crippen LogP contribution is 2.30. The molecule has 2 unspecified atom stereocenters. The highest BCUT2D eigenvalue weighted by atomic mass is 16.5. The van der Waals surface area contributed by atoms with E-state index in [0.717, 1.165) is 0 Å². The SMILES string of the molecule is COc1ccc(NC(=O)C2CCC(C(=O)O)O2)c(OC)c1. The summed E-state index contributed by atoms with van der Waals surface area (Å²) >= 11 is 0. The highest BCUT2D eigenvalue weighted by molar-refractivity contribution is 5.96. The van der Waals surface area contributed by atoms with E-state index in [1.165, 1.54) is 14.2 Å². The Bertz CT molecular complexity index is 544. The van der Waals surface area contributed by atoms with E-state index in [1.54, 1.807) is 18.2 Å². The number of benzene rings is 1. The van der Waals surface area contributed by atoms with Crippen LogP contribution in [0.3, 0.4) is 0 Å². The largest absolute Gasteiger partial charge is 0.497 e. The van der Waals surface area contributed by atoms with Crippen LogP contribution in [-0.2, 0) is 14.3 Å². The maximum atomic E-state index is 12.1. The Morgan fingerprint density at radius 1 is 1.24 bits per heavy atom. The minimum Gasteiger partial charge on any atom is -0.497 e. The quantitative estimate of drug-likeness (QED) is 0.849. The zero-order chi connectivity index (χ0) is 15.4. The summed E-state index contributed by atoms with van der Waals surface area (Å²) in [6, 6.07) is 4.98. The number of anilines is 1. The number of methoxy groups -OCH3 is 2. The molecule has 1 aliphatic heterocycles. The van der Waals surface area contributed by atoms with Crippen LogP contribution in [-0.4, -0.2) is 43.4 Å². The number of carboxylic acid groups (broad SMARTS) is 1. The molecule has 1 aliphatic rings. The Morgan fingerprint density at radius 2 is 1.95 bits per heavy atom. The average molecular weight is 295 g/mol. The van der Waals surface area contributed by atoms with Crippen molar-refractivity contribution in [1.82, 2.24) is 0 Å². The van der Waals surface area contributed by atoms with Crippen LogP contribution in [0.4, 0.5) is 5.69 Å². The van der Waals surface area contributed by atoms with Crippen LogP contribution >= 0.6 is 0 Å². The number of hydrogen-bond acceptors (Lipinski definition) is 5. The van der Waals surface area contributed by atoms with Gasteiger partial charge >= 0.3 is 5.97 Å². The van der Waals surface area contributed by atoms with Crippen molar-refractivity contribution < 1.29 is 28.9 Å². The number of carboxylic acids is 1. The third-order valence-corrected chi connectivity index (χ3v) is 3.25. The molecule has 0 bridgehead atoms. The molecule has 1 heterocycles. The fourth-order valence-corrected chi connectivity index (χ4v) is 2.13. The first kappa shape index (κ1) is 15.1. The number of ether oxygens (including phenoxy) is 3. The summed E-state index contributed by atoms with van der Waals surface area (Å²) in [6.07, 6.45) is -0.981. The number of carbonyl (C=O) groups excluding carboxylic acids is 1. The van der Waals surface area contributed by atoms with E-state index in [9.17, 15) is 9.59 Å². The first-order valence-corrected chi connectivity index (χ1v) is 6.46. The van der Waals surface area contributed by atoms with Crippen molar-refractivity contribution in [3.05, 3.63) is 18.2 Å². The van der Waals surface area contributed by atoms with E-state index in [4.69, 9.17) is 19.3 Å². The summed E-state index contributed by atoms with van der Waals surface area (Å²) in [6.45, 7) is 0. The van der Waals surface area contributed by atoms with Crippen LogP contribution in [0.2, 0.25) is 0 Å². The van der Waals surface area contributed by atoms with Crippen molar-refractivity contribution in [3.8, 4) is 11.5 Å². The summed E-state index contributed by atoms with van der Waals surface area (Å²) in [5.74, 6) is -0.377. The summed E-state index contributed by atoms with van der Waals surface area (Å²) in [7, 11) is 3.02. The topological polar surface area (TPSA) is 94.1 Å². The molecule has 7 heteroatoms. The lowest BCUT2D eigenvalue weighted by atomic mass is 10.2. The van der Waals surface area contributed by atoms with Gasteiger partial charge in [0.05, 0.1) is 19.9 Å². The molecule has 2 rings (SSSR count). The van der Waals surface area contributed by atoms with E-state index < -0.39 is 18.2 Å². The molecule has 7 nitrogen and oxygen atoms in total. The lowest BCUT2D eigenvalue weighted by Crippen LogP contribution is -2.30. The molecule has 114 valence electrons. The Kier molecular flexibility index (Phi) is 4.64. The summed E-state index contributed by atoms with van der Waals surface area (Å²) < 4.78 is 15.5. The Morgan fingerprint density at radius 3 is 2.52 bits per heavy atom. The molecule has 0 spiro atoms. The lowest BCUT2D eigenvalue weighted by molar-refractivity contribution is -0.150. The van der Waals surface area contributed by atoms with Gasteiger partial charge in [0.15, 0.2) is 6.10 Å². The fraction of sp³-hybridized carbons (Fsp3) is 0.429. The molecule has 1 aromatic carbocycles. The van der Waals surface area contributed by atoms with E-state index in [-0.39, 0.29) is 5.91 Å². The molecule has 1 aromatic rings. The molecule has 2 N–H and O–H groups in total. The lowest BCUT2D eigenvalue weighted by Gasteiger charge is -2.14. The van der Waals surface area contributed by atoms with E-state index in [1.807, 2.05) is 0 Å². The van der Waals surface area contributed by atoms with Crippen LogP contribution in [0.15, 0.2) is 18.2 Å². The smallest absolute Gasteiger partial charge is 0.332 e. The van der Waals surface area contributed by atoms with Gasteiger partial charge in [0.1, 0.15) is 17.6 Å². The first-order valence-electron chi connectivity index (χ1n) is 6.46. The van der Waals surface area contributed by atoms with Gasteiger partial charge in [0.2, 0.25) is 0 Å². The van der Waals surface area contributed by atoms with Gasteiger partial charge in [-0.15, -0.1) is 0 Å². The Hall–Kier alpha value is -2.28. The van der Waals surface area contributed by atoms with Crippen molar-refractivity contribution in [3.63, 3.8) is 0 Å². The molecule has 0 aliphatic carbocycles. The summed E-state index contributed by atoms with van der Waals surface area (Å²) in [5.41, 5.74) is 0.477. The maximum absolute atomic E-state index is 12.1. The van der Waals surface area contributed by atoms with Crippen molar-refractivity contribution in [2.75, 3.05) is 19.5 Å². The number of aliphatic carboxylic acids is 1. The van der Waals surface area contributed by atoms with Crippen molar-refractivity contribution in [1.29, 1.82) is 0 Å². The van der Waals surface area contributed by atoms with Gasteiger partial charge in [0, 0.05) is 6.07 Å². The Balaban J connectivity index is 2.05. The predicted octanol–water partition coefficient (Wildman–Crippen LogP) is 1.27. The van der Waals surface area contributed by atoms with Gasteiger partial charge in [-0.1, -0.05) is 0 Å². The zero-order valence-electron chi connectivity index (χ0n) is 11.8. The van der Waals surface area contributed by atoms with E-state index in [2.05, 4.69) is 5.32 Å². The molecule has 1 saturated heterocycles. The molecule has 0 radical (unpaired) electrons. The second-order valence-electron chi connectivity index (χ2n) is 4.58. The summed E-state index contributed by atoms with van der Waals surface area (Å²) in [4.78, 5) is 22.9. The molecule has 1 fully saturated rings. The van der Waals surface area contributed by atoms with Gasteiger partial charge in [-0.05, 0) is 25.0 Å². The van der Waals surface area contributed by atoms with Crippen LogP contribution in [0.25, 0.3) is 0 Å². The molecular formula is C14H17NO6. The molecular weight excluding hydrogens is 278 g/mol. The Labute approximate surface area is 121 Å².